The van der Waals surface area contributed by atoms with Crippen LogP contribution in [0.2, 0.25) is 0 Å². The van der Waals surface area contributed by atoms with Crippen molar-refractivity contribution < 1.29 is 9.59 Å². The summed E-state index contributed by atoms with van der Waals surface area (Å²) < 4.78 is 0. The monoisotopic (exact) mass is 362 g/mol. The number of aromatic nitrogens is 3. The second-order valence-electron chi connectivity index (χ2n) is 5.72. The molecular formula is C19H18N6O2. The Hall–Kier alpha value is -3.81. The number of benzene rings is 1. The summed E-state index contributed by atoms with van der Waals surface area (Å²) in [5.74, 6) is -0.0894. The zero-order chi connectivity index (χ0) is 19.1. The first-order valence-corrected chi connectivity index (χ1v) is 8.24. The van der Waals surface area contributed by atoms with Crippen LogP contribution in [-0.2, 0) is 11.3 Å². The molecule has 0 aliphatic rings. The van der Waals surface area contributed by atoms with E-state index in [4.69, 9.17) is 0 Å². The molecule has 0 atom stereocenters. The highest BCUT2D eigenvalue weighted by Gasteiger charge is 2.08. The Morgan fingerprint density at radius 1 is 0.963 bits per heavy atom. The largest absolute Gasteiger partial charge is 0.350 e. The second kappa shape index (κ2) is 8.52. The standard InChI is InChI=1S/C19H18N6O2/c1-13(26)24-16-3-2-4-17(9-16)25-18(27)15-11-22-19(23-12-15)21-10-14-5-7-20-8-6-14/h2-9,11-12H,10H2,1H3,(H,24,26)(H,25,27)(H,21,22,23). The van der Waals surface area contributed by atoms with Crippen LogP contribution in [0.4, 0.5) is 17.3 Å². The number of amides is 2. The predicted octanol–water partition coefficient (Wildman–Crippen LogP) is 2.69. The van der Waals surface area contributed by atoms with Crippen LogP contribution in [-0.4, -0.2) is 26.8 Å². The highest BCUT2D eigenvalue weighted by atomic mass is 16.2. The number of nitrogens with one attached hydrogen (secondary N) is 3. The maximum absolute atomic E-state index is 12.3. The van der Waals surface area contributed by atoms with Gasteiger partial charge in [0.1, 0.15) is 0 Å². The van der Waals surface area contributed by atoms with Crippen molar-refractivity contribution in [1.82, 2.24) is 15.0 Å². The highest BCUT2D eigenvalue weighted by Crippen LogP contribution is 2.16. The van der Waals surface area contributed by atoms with Crippen LogP contribution in [0.3, 0.4) is 0 Å². The van der Waals surface area contributed by atoms with E-state index in [-0.39, 0.29) is 11.8 Å². The summed E-state index contributed by atoms with van der Waals surface area (Å²) in [5.41, 5.74) is 2.54. The van der Waals surface area contributed by atoms with Gasteiger partial charge in [-0.05, 0) is 35.9 Å². The molecule has 27 heavy (non-hydrogen) atoms. The molecule has 2 heterocycles. The van der Waals surface area contributed by atoms with Crippen LogP contribution >= 0.6 is 0 Å². The van der Waals surface area contributed by atoms with Crippen LogP contribution in [0.1, 0.15) is 22.8 Å². The van der Waals surface area contributed by atoms with E-state index < -0.39 is 0 Å². The van der Waals surface area contributed by atoms with E-state index in [9.17, 15) is 9.59 Å². The van der Waals surface area contributed by atoms with Crippen LogP contribution in [0.25, 0.3) is 0 Å². The zero-order valence-electron chi connectivity index (χ0n) is 14.6. The van der Waals surface area contributed by atoms with Gasteiger partial charge in [0.2, 0.25) is 11.9 Å². The fourth-order valence-electron chi connectivity index (χ4n) is 2.30. The van der Waals surface area contributed by atoms with Gasteiger partial charge in [0.15, 0.2) is 0 Å². The lowest BCUT2D eigenvalue weighted by Gasteiger charge is -2.08. The number of rotatable bonds is 6. The van der Waals surface area contributed by atoms with Gasteiger partial charge in [-0.3, -0.25) is 14.6 Å². The Kier molecular flexibility index (Phi) is 5.68. The normalized spacial score (nSPS) is 10.1. The molecule has 8 heteroatoms. The van der Waals surface area contributed by atoms with Crippen molar-refractivity contribution in [1.29, 1.82) is 0 Å². The second-order valence-corrected chi connectivity index (χ2v) is 5.72. The van der Waals surface area contributed by atoms with Crippen LogP contribution in [0.5, 0.6) is 0 Å². The molecule has 0 aliphatic carbocycles. The summed E-state index contributed by atoms with van der Waals surface area (Å²) in [6.45, 7) is 1.98. The van der Waals surface area contributed by atoms with Crippen molar-refractivity contribution in [3.8, 4) is 0 Å². The van der Waals surface area contributed by atoms with E-state index in [0.717, 1.165) is 5.56 Å². The Morgan fingerprint density at radius 2 is 1.63 bits per heavy atom. The molecule has 0 radical (unpaired) electrons. The van der Waals surface area contributed by atoms with Crippen LogP contribution in [0, 0.1) is 0 Å². The topological polar surface area (TPSA) is 109 Å². The molecule has 1 aromatic carbocycles. The Bertz CT molecular complexity index is 928. The molecule has 0 spiro atoms. The zero-order valence-corrected chi connectivity index (χ0v) is 14.6. The number of hydrogen-bond donors (Lipinski definition) is 3. The molecule has 3 rings (SSSR count). The van der Waals surface area contributed by atoms with Gasteiger partial charge in [-0.25, -0.2) is 9.97 Å². The van der Waals surface area contributed by atoms with Gasteiger partial charge < -0.3 is 16.0 Å². The molecule has 3 N–H and O–H groups in total. The summed E-state index contributed by atoms with van der Waals surface area (Å²) in [5, 5.41) is 8.50. The van der Waals surface area contributed by atoms with Gasteiger partial charge in [-0.15, -0.1) is 0 Å². The average molecular weight is 362 g/mol. The molecule has 3 aromatic rings. The number of carbonyl (C=O) groups is 2. The third-order valence-electron chi connectivity index (χ3n) is 3.55. The molecule has 2 amide bonds. The number of pyridine rings is 1. The Labute approximate surface area is 156 Å². The number of nitrogens with zero attached hydrogens (tertiary/aromatic N) is 3. The van der Waals surface area contributed by atoms with E-state index in [0.29, 0.717) is 29.4 Å². The fraction of sp³-hybridized carbons (Fsp3) is 0.105. The first-order valence-electron chi connectivity index (χ1n) is 8.24. The molecule has 8 nitrogen and oxygen atoms in total. The molecule has 0 bridgehead atoms. The average Bonchev–Trinajstić information content (AvgIpc) is 2.67. The van der Waals surface area contributed by atoms with Crippen LogP contribution in [0.15, 0.2) is 61.2 Å². The number of carbonyl (C=O) groups excluding carboxylic acids is 2. The van der Waals surface area contributed by atoms with Crippen molar-refractivity contribution in [3.63, 3.8) is 0 Å². The molecule has 0 saturated carbocycles. The van der Waals surface area contributed by atoms with E-state index in [2.05, 4.69) is 30.9 Å². The molecule has 0 fully saturated rings. The van der Waals surface area contributed by atoms with Crippen LogP contribution < -0.4 is 16.0 Å². The molecule has 0 aliphatic heterocycles. The summed E-state index contributed by atoms with van der Waals surface area (Å²) in [7, 11) is 0. The van der Waals surface area contributed by atoms with Crippen molar-refractivity contribution in [2.24, 2.45) is 0 Å². The van der Waals surface area contributed by atoms with Gasteiger partial charge in [-0.2, -0.15) is 0 Å². The van der Waals surface area contributed by atoms with Gasteiger partial charge >= 0.3 is 0 Å². The van der Waals surface area contributed by atoms with Gasteiger partial charge in [0.05, 0.1) is 5.56 Å². The minimum Gasteiger partial charge on any atom is -0.350 e. The summed E-state index contributed by atoms with van der Waals surface area (Å²) in [4.78, 5) is 35.7. The first-order chi connectivity index (χ1) is 13.1. The molecular weight excluding hydrogens is 344 g/mol. The minimum absolute atomic E-state index is 0.179. The lowest BCUT2D eigenvalue weighted by Crippen LogP contribution is -2.14. The van der Waals surface area contributed by atoms with Crippen molar-refractivity contribution in [2.75, 3.05) is 16.0 Å². The smallest absolute Gasteiger partial charge is 0.258 e. The Balaban J connectivity index is 1.59. The summed E-state index contributed by atoms with van der Waals surface area (Å²) in [6, 6.07) is 10.7. The minimum atomic E-state index is -0.337. The highest BCUT2D eigenvalue weighted by molar-refractivity contribution is 6.04. The number of anilines is 3. The third kappa shape index (κ3) is 5.33. The SMILES string of the molecule is CC(=O)Nc1cccc(NC(=O)c2cnc(NCc3ccncc3)nc2)c1. The van der Waals surface area contributed by atoms with E-state index in [1.54, 1.807) is 36.7 Å². The van der Waals surface area contributed by atoms with Gasteiger partial charge in [0.25, 0.3) is 5.91 Å². The maximum atomic E-state index is 12.3. The summed E-state index contributed by atoms with van der Waals surface area (Å²) in [6.07, 6.45) is 6.34. The van der Waals surface area contributed by atoms with Crippen molar-refractivity contribution in [3.05, 3.63) is 72.3 Å². The number of hydrogen-bond acceptors (Lipinski definition) is 6. The molecule has 2 aromatic heterocycles. The van der Waals surface area contributed by atoms with Crippen molar-refractivity contribution >= 4 is 29.1 Å². The lowest BCUT2D eigenvalue weighted by atomic mass is 10.2. The fourth-order valence-corrected chi connectivity index (χ4v) is 2.30. The lowest BCUT2D eigenvalue weighted by molar-refractivity contribution is -0.114. The molecule has 0 unspecified atom stereocenters. The predicted molar refractivity (Wildman–Crippen MR) is 102 cm³/mol. The first kappa shape index (κ1) is 18.0. The molecule has 136 valence electrons. The summed E-state index contributed by atoms with van der Waals surface area (Å²) >= 11 is 0. The Morgan fingerprint density at radius 3 is 2.30 bits per heavy atom. The van der Waals surface area contributed by atoms with E-state index in [1.165, 1.54) is 19.3 Å². The quantitative estimate of drug-likeness (QED) is 0.622. The van der Waals surface area contributed by atoms with E-state index >= 15 is 0 Å². The third-order valence-corrected chi connectivity index (χ3v) is 3.55. The van der Waals surface area contributed by atoms with E-state index in [1.807, 2.05) is 12.1 Å². The maximum Gasteiger partial charge on any atom is 0.258 e. The molecule has 0 saturated heterocycles. The van der Waals surface area contributed by atoms with Gasteiger partial charge in [-0.1, -0.05) is 6.07 Å². The van der Waals surface area contributed by atoms with Crippen molar-refractivity contribution in [2.45, 2.75) is 13.5 Å². The van der Waals surface area contributed by atoms with Gasteiger partial charge in [0, 0.05) is 49.6 Å².